The van der Waals surface area contributed by atoms with Gasteiger partial charge in [-0.25, -0.2) is 0 Å². The van der Waals surface area contributed by atoms with Crippen molar-refractivity contribution >= 4 is 20.3 Å². The molecule has 0 fully saturated rings. The summed E-state index contributed by atoms with van der Waals surface area (Å²) in [5.41, 5.74) is 17.6. The Balaban J connectivity index is 0.000000201. The van der Waals surface area contributed by atoms with Gasteiger partial charge in [0.05, 0.1) is 0 Å². The van der Waals surface area contributed by atoms with E-state index in [-0.39, 0.29) is 37.0 Å². The second kappa shape index (κ2) is 16.1. The van der Waals surface area contributed by atoms with Crippen molar-refractivity contribution in [3.05, 3.63) is 136 Å². The van der Waals surface area contributed by atoms with Crippen LogP contribution >= 0.6 is 0 Å². The molecule has 0 aromatic heterocycles. The molecule has 0 bridgehead atoms. The SMILES string of the molecule is CC(C)c1cc2c(-c3ccc(C(C)(C)C)cc3)cccc2[cH-]1.CC1=[C-]c2cc3c(c(-c4ccc(C(C)(C)C)cc4)c2C1)CCC3.C[Si]C.[Zr+2]. The van der Waals surface area contributed by atoms with E-state index in [0.717, 1.165) is 15.9 Å². The summed E-state index contributed by atoms with van der Waals surface area (Å²) in [7, 11) is 1.08. The molecule has 2 radical (unpaired) electrons. The molecule has 49 heavy (non-hydrogen) atoms. The van der Waals surface area contributed by atoms with E-state index in [1.165, 1.54) is 85.7 Å². The molecule has 252 valence electrons. The Morgan fingerprint density at radius 1 is 0.735 bits per heavy atom. The van der Waals surface area contributed by atoms with Crippen molar-refractivity contribution in [1.29, 1.82) is 0 Å². The van der Waals surface area contributed by atoms with Crippen LogP contribution in [-0.2, 0) is 56.3 Å². The minimum absolute atomic E-state index is 0. The average molecular weight is 740 g/mol. The van der Waals surface area contributed by atoms with Gasteiger partial charge in [0.15, 0.2) is 0 Å². The first-order chi connectivity index (χ1) is 22.7. The molecule has 2 heteroatoms. The standard InChI is InChI=1S/C23H25.C22H25.C2H6Si.Zr/c1-15-12-18-14-17-6-5-7-20(17)22(21(18)13-15)16-8-10-19(11-9-16)23(2,3)4;1-15(2)18-13-17-7-6-8-20(21(17)14-18)16-9-11-19(12-10-16)22(3,4)5;1-3-2;/h8-11,14H,5-7,13H2,1-4H3;6-15H,1-5H3;1-2H3;/q2*-1;;+2. The van der Waals surface area contributed by atoms with Crippen LogP contribution < -0.4 is 0 Å². The van der Waals surface area contributed by atoms with E-state index in [4.69, 9.17) is 0 Å². The van der Waals surface area contributed by atoms with Crippen molar-refractivity contribution in [3.8, 4) is 22.3 Å². The maximum Gasteiger partial charge on any atom is 2.00 e. The average Bonchev–Trinajstić information content (AvgIpc) is 3.77. The van der Waals surface area contributed by atoms with Gasteiger partial charge < -0.3 is 0 Å². The largest absolute Gasteiger partial charge is 2.00 e. The Hall–Kier alpha value is -2.67. The normalized spacial score (nSPS) is 13.5. The molecular weight excluding hydrogens is 684 g/mol. The fraction of sp³-hybridized carbons (Fsp3) is 0.383. The molecule has 0 spiro atoms. The van der Waals surface area contributed by atoms with Gasteiger partial charge in [0.25, 0.3) is 0 Å². The van der Waals surface area contributed by atoms with Gasteiger partial charge in [-0.05, 0) is 58.3 Å². The molecule has 2 aliphatic carbocycles. The van der Waals surface area contributed by atoms with Crippen molar-refractivity contribution in [2.45, 2.75) is 118 Å². The van der Waals surface area contributed by atoms with Gasteiger partial charge in [0, 0.05) is 9.52 Å². The Bertz CT molecular complexity index is 1880. The summed E-state index contributed by atoms with van der Waals surface area (Å²) in [4.78, 5) is 0. The molecule has 0 nitrogen and oxygen atoms in total. The van der Waals surface area contributed by atoms with Crippen LogP contribution in [0.15, 0.2) is 90.5 Å². The molecule has 0 N–H and O–H groups in total. The quantitative estimate of drug-likeness (QED) is 0.128. The number of hydrogen-bond acceptors (Lipinski definition) is 0. The van der Waals surface area contributed by atoms with Crippen molar-refractivity contribution in [3.63, 3.8) is 0 Å². The van der Waals surface area contributed by atoms with Crippen molar-refractivity contribution in [2.75, 3.05) is 0 Å². The molecule has 5 aromatic carbocycles. The maximum atomic E-state index is 3.59. The summed E-state index contributed by atoms with van der Waals surface area (Å²) in [5, 5.41) is 2.72. The van der Waals surface area contributed by atoms with Gasteiger partial charge in [0.1, 0.15) is 0 Å². The topological polar surface area (TPSA) is 0 Å². The zero-order valence-corrected chi connectivity index (χ0v) is 35.4. The van der Waals surface area contributed by atoms with E-state index in [9.17, 15) is 0 Å². The van der Waals surface area contributed by atoms with E-state index in [2.05, 4.69) is 166 Å². The van der Waals surface area contributed by atoms with E-state index < -0.39 is 0 Å². The van der Waals surface area contributed by atoms with Crippen molar-refractivity contribution in [1.82, 2.24) is 0 Å². The smallest absolute Gasteiger partial charge is 0.188 e. The fourth-order valence-electron chi connectivity index (χ4n) is 7.10. The first-order valence-electron chi connectivity index (χ1n) is 18.0. The Morgan fingerprint density at radius 3 is 1.86 bits per heavy atom. The first kappa shape index (κ1) is 39.1. The third-order valence-electron chi connectivity index (χ3n) is 9.84. The molecule has 0 amide bonds. The molecule has 0 heterocycles. The number of fused-ring (bicyclic) bond motifs is 3. The van der Waals surface area contributed by atoms with Gasteiger partial charge in [-0.3, -0.25) is 0 Å². The Labute approximate surface area is 320 Å². The van der Waals surface area contributed by atoms with Gasteiger partial charge in [-0.1, -0.05) is 159 Å². The third-order valence-corrected chi connectivity index (χ3v) is 9.84. The minimum atomic E-state index is 0. The minimum Gasteiger partial charge on any atom is -0.188 e. The Morgan fingerprint density at radius 2 is 1.31 bits per heavy atom. The summed E-state index contributed by atoms with van der Waals surface area (Å²) < 4.78 is 0. The van der Waals surface area contributed by atoms with Crippen LogP contribution in [0.1, 0.15) is 114 Å². The predicted molar refractivity (Wildman–Crippen MR) is 213 cm³/mol. The number of aryl methyl sites for hydroxylation is 1. The molecule has 2 aliphatic rings. The zero-order chi connectivity index (χ0) is 34.8. The summed E-state index contributed by atoms with van der Waals surface area (Å²) in [6.45, 7) is 24.6. The zero-order valence-electron chi connectivity index (χ0n) is 32.0. The van der Waals surface area contributed by atoms with Crippen molar-refractivity contribution < 1.29 is 26.2 Å². The monoisotopic (exact) mass is 738 g/mol. The fourth-order valence-corrected chi connectivity index (χ4v) is 7.10. The van der Waals surface area contributed by atoms with Crippen LogP contribution in [0.2, 0.25) is 13.1 Å². The molecular formula is C47H56SiZr. The molecule has 7 rings (SSSR count). The summed E-state index contributed by atoms with van der Waals surface area (Å²) in [6.07, 6.45) is 8.42. The van der Waals surface area contributed by atoms with Crippen LogP contribution in [0.25, 0.3) is 33.0 Å². The third kappa shape index (κ3) is 8.98. The van der Waals surface area contributed by atoms with Crippen molar-refractivity contribution in [2.24, 2.45) is 0 Å². The second-order valence-corrected chi connectivity index (χ2v) is 17.3. The predicted octanol–water partition coefficient (Wildman–Crippen LogP) is 13.2. The summed E-state index contributed by atoms with van der Waals surface area (Å²) in [6, 6.07) is 32.1. The number of hydrogen-bond donors (Lipinski definition) is 0. The molecule has 5 aromatic rings. The van der Waals surface area contributed by atoms with Gasteiger partial charge in [-0.2, -0.15) is 23.8 Å². The van der Waals surface area contributed by atoms with E-state index in [1.807, 2.05) is 0 Å². The van der Waals surface area contributed by atoms with Crippen LogP contribution in [-0.4, -0.2) is 9.52 Å². The summed E-state index contributed by atoms with van der Waals surface area (Å²) >= 11 is 0. The van der Waals surface area contributed by atoms with Crippen LogP contribution in [0.3, 0.4) is 0 Å². The number of benzene rings is 4. The Kier molecular flexibility index (Phi) is 12.9. The maximum absolute atomic E-state index is 3.59. The van der Waals surface area contributed by atoms with Gasteiger partial charge in [-0.15, -0.1) is 45.7 Å². The van der Waals surface area contributed by atoms with E-state index in [0.29, 0.717) is 5.92 Å². The van der Waals surface area contributed by atoms with E-state index in [1.54, 1.807) is 11.1 Å². The van der Waals surface area contributed by atoms with Crippen LogP contribution in [0.4, 0.5) is 0 Å². The van der Waals surface area contributed by atoms with Crippen LogP contribution in [0, 0.1) is 6.08 Å². The summed E-state index contributed by atoms with van der Waals surface area (Å²) in [5.74, 6) is 0.573. The molecule has 0 saturated carbocycles. The second-order valence-electron chi connectivity index (χ2n) is 16.3. The molecule has 0 atom stereocenters. The van der Waals surface area contributed by atoms with Gasteiger partial charge >= 0.3 is 26.2 Å². The number of rotatable bonds is 3. The molecule has 0 saturated heterocycles. The van der Waals surface area contributed by atoms with E-state index >= 15 is 0 Å². The van der Waals surface area contributed by atoms with Crippen LogP contribution in [0.5, 0.6) is 0 Å². The molecule has 0 aliphatic heterocycles. The first-order valence-corrected chi connectivity index (χ1v) is 20.0. The van der Waals surface area contributed by atoms with Gasteiger partial charge in [0.2, 0.25) is 0 Å². The molecule has 0 unspecified atom stereocenters. The number of allylic oxidation sites excluding steroid dienone is 1.